The standard InChI is InChI=1S/C55H99NO10/c1-4-7-10-13-16-19-22-24-25-28-31-34-37-40-43-50(60)66-53-52(62)51(61)49(44-57)65-55(53)64-45-46(47(58)41-38-35-32-29-26-21-18-15-12-9-6-3)56-54(63)48(59)42-39-36-33-30-27-23-20-17-14-11-8-5-2/h25,27-28,30,36,38-39,41,46-49,51-53,55,57-59,61-62H,4-24,26,29,31-35,37,40,42-45H2,1-3H3,(H,56,63)/b28-25-,30-27-,39-36+,41-38+. The highest BCUT2D eigenvalue weighted by atomic mass is 16.7. The molecular formula is C55H99NO10. The lowest BCUT2D eigenvalue weighted by molar-refractivity contribution is -0.305. The quantitative estimate of drug-likeness (QED) is 0.0196. The van der Waals surface area contributed by atoms with E-state index in [9.17, 15) is 35.1 Å². The molecule has 0 aromatic rings. The predicted octanol–water partition coefficient (Wildman–Crippen LogP) is 11.3. The Morgan fingerprint density at radius 1 is 0.591 bits per heavy atom. The van der Waals surface area contributed by atoms with E-state index in [1.807, 2.05) is 12.2 Å². The predicted molar refractivity (Wildman–Crippen MR) is 269 cm³/mol. The average Bonchev–Trinajstić information content (AvgIpc) is 3.31. The van der Waals surface area contributed by atoms with Crippen LogP contribution in [0.3, 0.4) is 0 Å². The lowest BCUT2D eigenvalue weighted by atomic mass is 9.99. The van der Waals surface area contributed by atoms with E-state index in [2.05, 4.69) is 50.4 Å². The third-order valence-electron chi connectivity index (χ3n) is 12.5. The fourth-order valence-corrected chi connectivity index (χ4v) is 8.10. The summed E-state index contributed by atoms with van der Waals surface area (Å²) in [6, 6.07) is -1.05. The Balaban J connectivity index is 2.81. The van der Waals surface area contributed by atoms with E-state index in [0.717, 1.165) is 57.8 Å². The summed E-state index contributed by atoms with van der Waals surface area (Å²) in [5.41, 5.74) is 0. The molecule has 384 valence electrons. The molecule has 0 aromatic carbocycles. The molecule has 0 saturated carbocycles. The molecule has 8 atom stereocenters. The van der Waals surface area contributed by atoms with E-state index in [1.54, 1.807) is 12.2 Å². The second-order valence-electron chi connectivity index (χ2n) is 18.6. The highest BCUT2D eigenvalue weighted by Gasteiger charge is 2.47. The van der Waals surface area contributed by atoms with Gasteiger partial charge < -0.3 is 45.1 Å². The Hall–Kier alpha value is -2.38. The maximum atomic E-state index is 13.3. The van der Waals surface area contributed by atoms with Crippen molar-refractivity contribution in [3.8, 4) is 0 Å². The van der Waals surface area contributed by atoms with Crippen molar-refractivity contribution in [3.63, 3.8) is 0 Å². The number of rotatable bonds is 44. The van der Waals surface area contributed by atoms with Gasteiger partial charge in [0.1, 0.15) is 24.4 Å². The molecule has 1 heterocycles. The topological polar surface area (TPSA) is 175 Å². The van der Waals surface area contributed by atoms with Gasteiger partial charge in [-0.25, -0.2) is 0 Å². The summed E-state index contributed by atoms with van der Waals surface area (Å²) in [5, 5.41) is 56.5. The highest BCUT2D eigenvalue weighted by molar-refractivity contribution is 5.81. The van der Waals surface area contributed by atoms with E-state index in [0.29, 0.717) is 12.8 Å². The van der Waals surface area contributed by atoms with Gasteiger partial charge in [-0.2, -0.15) is 0 Å². The van der Waals surface area contributed by atoms with Gasteiger partial charge in [-0.1, -0.05) is 198 Å². The van der Waals surface area contributed by atoms with Crippen molar-refractivity contribution in [3.05, 3.63) is 48.6 Å². The molecule has 11 heteroatoms. The molecule has 0 spiro atoms. The minimum atomic E-state index is -1.63. The molecule has 1 aliphatic rings. The van der Waals surface area contributed by atoms with Crippen LogP contribution in [-0.2, 0) is 23.8 Å². The van der Waals surface area contributed by atoms with Crippen molar-refractivity contribution in [2.45, 2.75) is 275 Å². The first-order valence-electron chi connectivity index (χ1n) is 26.9. The van der Waals surface area contributed by atoms with Crippen molar-refractivity contribution in [1.82, 2.24) is 5.32 Å². The van der Waals surface area contributed by atoms with Crippen LogP contribution in [0.2, 0.25) is 0 Å². The van der Waals surface area contributed by atoms with E-state index < -0.39 is 67.4 Å². The zero-order valence-corrected chi connectivity index (χ0v) is 42.1. The maximum Gasteiger partial charge on any atom is 0.306 e. The average molecular weight is 934 g/mol. The van der Waals surface area contributed by atoms with E-state index >= 15 is 0 Å². The number of ether oxygens (including phenoxy) is 3. The number of hydrogen-bond acceptors (Lipinski definition) is 10. The van der Waals surface area contributed by atoms with Gasteiger partial charge in [0.05, 0.1) is 25.4 Å². The van der Waals surface area contributed by atoms with Crippen molar-refractivity contribution >= 4 is 11.9 Å². The number of esters is 1. The summed E-state index contributed by atoms with van der Waals surface area (Å²) in [6.45, 7) is 5.69. The Morgan fingerprint density at radius 3 is 1.56 bits per heavy atom. The number of unbranched alkanes of at least 4 members (excludes halogenated alkanes) is 25. The molecule has 1 rings (SSSR count). The van der Waals surface area contributed by atoms with E-state index in [1.165, 1.54) is 122 Å². The Bertz CT molecular complexity index is 1260. The molecule has 0 aliphatic carbocycles. The van der Waals surface area contributed by atoms with Crippen molar-refractivity contribution in [2.24, 2.45) is 0 Å². The van der Waals surface area contributed by atoms with Gasteiger partial charge in [-0.15, -0.1) is 0 Å². The first-order chi connectivity index (χ1) is 32.2. The number of carbonyl (C=O) groups is 2. The molecule has 6 N–H and O–H groups in total. The Labute approximate surface area is 402 Å². The van der Waals surface area contributed by atoms with Gasteiger partial charge in [0.2, 0.25) is 5.91 Å². The van der Waals surface area contributed by atoms with Crippen LogP contribution in [0.5, 0.6) is 0 Å². The third-order valence-corrected chi connectivity index (χ3v) is 12.5. The van der Waals surface area contributed by atoms with Gasteiger partial charge in [-0.05, 0) is 64.2 Å². The number of aliphatic hydroxyl groups is 5. The van der Waals surface area contributed by atoms with Crippen LogP contribution in [0.4, 0.5) is 0 Å². The van der Waals surface area contributed by atoms with Crippen LogP contribution >= 0.6 is 0 Å². The minimum Gasteiger partial charge on any atom is -0.454 e. The van der Waals surface area contributed by atoms with Crippen LogP contribution < -0.4 is 5.32 Å². The fraction of sp³-hybridized carbons (Fsp3) is 0.818. The highest BCUT2D eigenvalue weighted by Crippen LogP contribution is 2.26. The lowest BCUT2D eigenvalue weighted by Gasteiger charge is -2.41. The molecular weight excluding hydrogens is 835 g/mol. The van der Waals surface area contributed by atoms with Gasteiger partial charge >= 0.3 is 5.97 Å². The zero-order valence-electron chi connectivity index (χ0n) is 42.1. The Kier molecular flexibility index (Phi) is 41.0. The van der Waals surface area contributed by atoms with Gasteiger partial charge in [0, 0.05) is 12.8 Å². The van der Waals surface area contributed by atoms with Crippen LogP contribution in [0.15, 0.2) is 48.6 Å². The second-order valence-corrected chi connectivity index (χ2v) is 18.6. The monoisotopic (exact) mass is 934 g/mol. The van der Waals surface area contributed by atoms with Gasteiger partial charge in [0.25, 0.3) is 0 Å². The summed E-state index contributed by atoms with van der Waals surface area (Å²) in [5.74, 6) is -1.28. The lowest BCUT2D eigenvalue weighted by Crippen LogP contribution is -2.61. The van der Waals surface area contributed by atoms with Crippen LogP contribution in [0.1, 0.15) is 226 Å². The summed E-state index contributed by atoms with van der Waals surface area (Å²) >= 11 is 0. The number of amides is 1. The molecule has 66 heavy (non-hydrogen) atoms. The zero-order chi connectivity index (χ0) is 48.3. The van der Waals surface area contributed by atoms with Crippen LogP contribution in [-0.4, -0.2) is 99.6 Å². The first kappa shape index (κ1) is 61.6. The van der Waals surface area contributed by atoms with Gasteiger partial charge in [0.15, 0.2) is 12.4 Å². The normalized spacial score (nSPS) is 20.5. The van der Waals surface area contributed by atoms with Crippen LogP contribution in [0, 0.1) is 0 Å². The molecule has 8 unspecified atom stereocenters. The number of carbonyl (C=O) groups excluding carboxylic acids is 2. The summed E-state index contributed by atoms with van der Waals surface area (Å²) < 4.78 is 17.5. The number of hydrogen-bond donors (Lipinski definition) is 6. The van der Waals surface area contributed by atoms with Crippen molar-refractivity contribution < 1.29 is 49.3 Å². The van der Waals surface area contributed by atoms with Crippen molar-refractivity contribution in [1.29, 1.82) is 0 Å². The SMILES string of the molecule is CCCCCCCC/C=C\C/C=C/CC(O)C(=O)NC(COC1OC(CO)C(O)C(O)C1OC(=O)CCCCC/C=C\CCCCCCCCC)C(O)/C=C/CCCCCCCCCCC. The molecule has 1 saturated heterocycles. The minimum absolute atomic E-state index is 0.0806. The largest absolute Gasteiger partial charge is 0.454 e. The van der Waals surface area contributed by atoms with Crippen molar-refractivity contribution in [2.75, 3.05) is 13.2 Å². The summed E-state index contributed by atoms with van der Waals surface area (Å²) in [7, 11) is 0. The van der Waals surface area contributed by atoms with Gasteiger partial charge in [-0.3, -0.25) is 9.59 Å². The smallest absolute Gasteiger partial charge is 0.306 e. The molecule has 1 amide bonds. The third kappa shape index (κ3) is 32.4. The Morgan fingerprint density at radius 2 is 1.05 bits per heavy atom. The molecule has 0 radical (unpaired) electrons. The number of aliphatic hydroxyl groups excluding tert-OH is 5. The number of nitrogens with one attached hydrogen (secondary N) is 1. The fourth-order valence-electron chi connectivity index (χ4n) is 8.10. The second kappa shape index (κ2) is 43.9. The molecule has 1 aliphatic heterocycles. The molecule has 0 aromatic heterocycles. The first-order valence-corrected chi connectivity index (χ1v) is 26.9. The maximum absolute atomic E-state index is 13.3. The van der Waals surface area contributed by atoms with E-state index in [-0.39, 0.29) is 19.4 Å². The van der Waals surface area contributed by atoms with Crippen LogP contribution in [0.25, 0.3) is 0 Å². The molecule has 0 bridgehead atoms. The molecule has 11 nitrogen and oxygen atoms in total. The molecule has 1 fully saturated rings. The summed E-state index contributed by atoms with van der Waals surface area (Å²) in [6.07, 6.45) is 40.4. The van der Waals surface area contributed by atoms with E-state index in [4.69, 9.17) is 14.2 Å². The number of allylic oxidation sites excluding steroid dienone is 6. The summed E-state index contributed by atoms with van der Waals surface area (Å²) in [4.78, 5) is 26.3.